The molecule has 1 aliphatic rings. The summed E-state index contributed by atoms with van der Waals surface area (Å²) >= 11 is 0. The summed E-state index contributed by atoms with van der Waals surface area (Å²) in [6.45, 7) is 3.04. The fourth-order valence-electron chi connectivity index (χ4n) is 1.16. The molecule has 6 nitrogen and oxygen atoms in total. The van der Waals surface area contributed by atoms with Gasteiger partial charge in [-0.15, -0.1) is 6.42 Å². The number of carbonyl (C=O) groups excluding carboxylic acids is 1. The third-order valence-corrected chi connectivity index (χ3v) is 3.35. The second-order valence-electron chi connectivity index (χ2n) is 4.08. The predicted octanol–water partition coefficient (Wildman–Crippen LogP) is 0.670. The molecule has 17 heavy (non-hydrogen) atoms. The zero-order valence-electron chi connectivity index (χ0n) is 9.63. The minimum absolute atomic E-state index is 0.00118. The highest BCUT2D eigenvalue weighted by molar-refractivity contribution is 7.86. The van der Waals surface area contributed by atoms with E-state index in [1.165, 1.54) is 13.8 Å². The molecule has 96 valence electrons. The van der Waals surface area contributed by atoms with Crippen LogP contribution in [0.5, 0.6) is 0 Å². The van der Waals surface area contributed by atoms with Gasteiger partial charge >= 0.3 is 6.16 Å². The molecule has 1 unspecified atom stereocenters. The van der Waals surface area contributed by atoms with Gasteiger partial charge in [-0.1, -0.05) is 5.92 Å². The normalized spacial score (nSPS) is 23.5. The van der Waals surface area contributed by atoms with Gasteiger partial charge in [0, 0.05) is 6.42 Å². The molecule has 7 heteroatoms. The van der Waals surface area contributed by atoms with Crippen LogP contribution in [-0.4, -0.2) is 38.6 Å². The number of carbonyl (C=O) groups is 1. The first-order valence-corrected chi connectivity index (χ1v) is 6.56. The van der Waals surface area contributed by atoms with E-state index in [1.807, 2.05) is 0 Å². The van der Waals surface area contributed by atoms with E-state index in [4.69, 9.17) is 15.9 Å². The first kappa shape index (κ1) is 13.8. The Hall–Kier alpha value is -1.26. The van der Waals surface area contributed by atoms with Crippen molar-refractivity contribution in [2.75, 3.05) is 12.4 Å². The Kier molecular flexibility index (Phi) is 4.01. The molecule has 1 atom stereocenters. The van der Waals surface area contributed by atoms with Gasteiger partial charge < -0.3 is 9.47 Å². The Morgan fingerprint density at radius 3 is 2.71 bits per heavy atom. The van der Waals surface area contributed by atoms with Crippen LogP contribution in [0.4, 0.5) is 4.79 Å². The van der Waals surface area contributed by atoms with Crippen molar-refractivity contribution in [1.29, 1.82) is 0 Å². The maximum absolute atomic E-state index is 11.3. The molecule has 0 bridgehead atoms. The maximum atomic E-state index is 11.3. The van der Waals surface area contributed by atoms with Gasteiger partial charge in [0.25, 0.3) is 10.1 Å². The second-order valence-corrected chi connectivity index (χ2v) is 5.77. The van der Waals surface area contributed by atoms with E-state index < -0.39 is 28.0 Å². The van der Waals surface area contributed by atoms with Crippen molar-refractivity contribution in [2.24, 2.45) is 0 Å². The largest absolute Gasteiger partial charge is 0.510 e. The molecule has 1 fully saturated rings. The lowest BCUT2D eigenvalue weighted by Gasteiger charge is -2.24. The van der Waals surface area contributed by atoms with E-state index in [2.05, 4.69) is 10.1 Å². The summed E-state index contributed by atoms with van der Waals surface area (Å²) in [6, 6.07) is 0. The van der Waals surface area contributed by atoms with E-state index in [0.717, 1.165) is 0 Å². The molecule has 1 heterocycles. The highest BCUT2D eigenvalue weighted by atomic mass is 32.2. The Balaban J connectivity index is 2.50. The number of ether oxygens (including phenoxy) is 2. The summed E-state index contributed by atoms with van der Waals surface area (Å²) in [4.78, 5) is 11.3. The lowest BCUT2D eigenvalue weighted by atomic mass is 10.2. The van der Waals surface area contributed by atoms with Gasteiger partial charge in [0.05, 0.1) is 6.61 Å². The number of hydrogen-bond acceptors (Lipinski definition) is 6. The lowest BCUT2D eigenvalue weighted by molar-refractivity contribution is -0.0146. The van der Waals surface area contributed by atoms with E-state index in [0.29, 0.717) is 6.42 Å². The van der Waals surface area contributed by atoms with Gasteiger partial charge in [-0.2, -0.15) is 8.42 Å². The Labute approximate surface area is 100 Å². The van der Waals surface area contributed by atoms with Gasteiger partial charge in [0.2, 0.25) is 0 Å². The average molecular weight is 262 g/mol. The zero-order valence-corrected chi connectivity index (χ0v) is 10.5. The van der Waals surface area contributed by atoms with Gasteiger partial charge in [0.1, 0.15) is 11.9 Å². The van der Waals surface area contributed by atoms with Crippen LogP contribution < -0.4 is 0 Å². The molecule has 0 aliphatic carbocycles. The van der Waals surface area contributed by atoms with Crippen LogP contribution >= 0.6 is 0 Å². The Morgan fingerprint density at radius 2 is 2.18 bits per heavy atom. The standard InChI is InChI=1S/C10H14O6S/c1-4-10(2,3)16-9(11)15-8-5-6-14-17(12,13)7-8/h1,8H,5-7H2,2-3H3. The molecule has 1 aliphatic heterocycles. The van der Waals surface area contributed by atoms with Gasteiger partial charge in [-0.25, -0.2) is 4.79 Å². The molecule has 0 radical (unpaired) electrons. The topological polar surface area (TPSA) is 78.9 Å². The zero-order chi connectivity index (χ0) is 13.1. The summed E-state index contributed by atoms with van der Waals surface area (Å²) in [5, 5.41) is 0. The second kappa shape index (κ2) is 4.94. The average Bonchev–Trinajstić information content (AvgIpc) is 2.14. The monoisotopic (exact) mass is 262 g/mol. The number of rotatable bonds is 2. The van der Waals surface area contributed by atoms with Crippen molar-refractivity contribution in [3.63, 3.8) is 0 Å². The molecule has 1 saturated heterocycles. The van der Waals surface area contributed by atoms with E-state index in [-0.39, 0.29) is 12.4 Å². The van der Waals surface area contributed by atoms with E-state index in [9.17, 15) is 13.2 Å². The molecule has 0 aromatic heterocycles. The molecule has 0 aromatic carbocycles. The van der Waals surface area contributed by atoms with Crippen LogP contribution in [-0.2, 0) is 23.8 Å². The van der Waals surface area contributed by atoms with Crippen molar-refractivity contribution in [2.45, 2.75) is 32.0 Å². The SMILES string of the molecule is C#CC(C)(C)OC(=O)OC1CCOS(=O)(=O)C1. The molecule has 0 saturated carbocycles. The van der Waals surface area contributed by atoms with Crippen LogP contribution in [0.2, 0.25) is 0 Å². The predicted molar refractivity (Wildman–Crippen MR) is 58.6 cm³/mol. The van der Waals surface area contributed by atoms with Gasteiger partial charge in [-0.3, -0.25) is 4.18 Å². The highest BCUT2D eigenvalue weighted by Gasteiger charge is 2.30. The minimum atomic E-state index is -3.60. The van der Waals surface area contributed by atoms with Crippen LogP contribution in [0.15, 0.2) is 0 Å². The molecule has 0 amide bonds. The molecular formula is C10H14O6S. The Bertz CT molecular complexity index is 430. The van der Waals surface area contributed by atoms with E-state index >= 15 is 0 Å². The van der Waals surface area contributed by atoms with Crippen molar-refractivity contribution in [3.8, 4) is 12.3 Å². The fraction of sp³-hybridized carbons (Fsp3) is 0.700. The van der Waals surface area contributed by atoms with E-state index in [1.54, 1.807) is 0 Å². The van der Waals surface area contributed by atoms with Gasteiger partial charge in [-0.05, 0) is 13.8 Å². The quantitative estimate of drug-likeness (QED) is 0.413. The summed E-state index contributed by atoms with van der Waals surface area (Å²) in [6.07, 6.45) is 3.71. The lowest BCUT2D eigenvalue weighted by Crippen LogP contribution is -2.36. The fourth-order valence-corrected chi connectivity index (χ4v) is 2.29. The summed E-state index contributed by atoms with van der Waals surface area (Å²) in [5.74, 6) is 1.90. The first-order valence-electron chi connectivity index (χ1n) is 4.98. The van der Waals surface area contributed by atoms with Crippen LogP contribution in [0, 0.1) is 12.3 Å². The van der Waals surface area contributed by atoms with Crippen LogP contribution in [0.25, 0.3) is 0 Å². The molecular weight excluding hydrogens is 248 g/mol. The van der Waals surface area contributed by atoms with Crippen LogP contribution in [0.1, 0.15) is 20.3 Å². The molecule has 0 N–H and O–H groups in total. The third kappa shape index (κ3) is 4.63. The van der Waals surface area contributed by atoms with Crippen molar-refractivity contribution in [1.82, 2.24) is 0 Å². The summed E-state index contributed by atoms with van der Waals surface area (Å²) in [5.41, 5.74) is -1.08. The number of hydrogen-bond donors (Lipinski definition) is 0. The highest BCUT2D eigenvalue weighted by Crippen LogP contribution is 2.15. The summed E-state index contributed by atoms with van der Waals surface area (Å²) in [7, 11) is -3.60. The molecule has 0 spiro atoms. The number of terminal acetylenes is 1. The van der Waals surface area contributed by atoms with Crippen molar-refractivity contribution in [3.05, 3.63) is 0 Å². The Morgan fingerprint density at radius 1 is 1.53 bits per heavy atom. The van der Waals surface area contributed by atoms with Crippen molar-refractivity contribution >= 4 is 16.3 Å². The maximum Gasteiger partial charge on any atom is 0.510 e. The van der Waals surface area contributed by atoms with Gasteiger partial charge in [0.15, 0.2) is 5.60 Å². The van der Waals surface area contributed by atoms with Crippen LogP contribution in [0.3, 0.4) is 0 Å². The molecule has 1 rings (SSSR count). The first-order chi connectivity index (χ1) is 7.74. The third-order valence-electron chi connectivity index (χ3n) is 2.04. The molecule has 0 aromatic rings. The minimum Gasteiger partial charge on any atom is -0.430 e. The smallest absolute Gasteiger partial charge is 0.430 e. The van der Waals surface area contributed by atoms with Crippen molar-refractivity contribution < 1.29 is 26.9 Å². The summed E-state index contributed by atoms with van der Waals surface area (Å²) < 4.78 is 36.4.